The van der Waals surface area contributed by atoms with E-state index in [1.165, 1.54) is 51.3 Å². The van der Waals surface area contributed by atoms with E-state index in [0.29, 0.717) is 12.5 Å². The normalized spacial score (nSPS) is 25.6. The highest BCUT2D eigenvalue weighted by atomic mass is 32.2. The van der Waals surface area contributed by atoms with Gasteiger partial charge in [-0.15, -0.1) is 0 Å². The fraction of sp³-hybridized carbons (Fsp3) is 0.722. The van der Waals surface area contributed by atoms with Gasteiger partial charge in [0.15, 0.2) is 9.84 Å². The molecule has 1 aromatic heterocycles. The molecule has 1 saturated carbocycles. The average Bonchev–Trinajstić information content (AvgIpc) is 3.34. The number of piperidine rings is 1. The van der Waals surface area contributed by atoms with Gasteiger partial charge in [-0.1, -0.05) is 6.92 Å². The monoisotopic (exact) mass is 352 g/mol. The lowest BCUT2D eigenvalue weighted by atomic mass is 9.90. The molecule has 134 valence electrons. The second-order valence-electron chi connectivity index (χ2n) is 7.17. The Balaban J connectivity index is 1.37. The summed E-state index contributed by atoms with van der Waals surface area (Å²) < 4.78 is 28.5. The molecule has 0 spiro atoms. The average molecular weight is 353 g/mol. The maximum Gasteiger partial charge on any atom is 0.213 e. The van der Waals surface area contributed by atoms with Crippen LogP contribution in [0.15, 0.2) is 23.2 Å². The molecule has 2 atom stereocenters. The molecule has 0 aromatic carbocycles. The van der Waals surface area contributed by atoms with E-state index in [0.717, 1.165) is 24.2 Å². The summed E-state index contributed by atoms with van der Waals surface area (Å²) >= 11 is 0. The van der Waals surface area contributed by atoms with E-state index in [4.69, 9.17) is 4.74 Å². The van der Waals surface area contributed by atoms with Gasteiger partial charge in [0.1, 0.15) is 0 Å². The van der Waals surface area contributed by atoms with Crippen LogP contribution in [0.5, 0.6) is 5.88 Å². The molecule has 1 aliphatic heterocycles. The predicted molar refractivity (Wildman–Crippen MR) is 93.9 cm³/mol. The standard InChI is InChI=1S/C18H28N2O3S/c1-3-20-9-6-14(7-10-20)17-12-15(17)8-11-23-18-5-4-16(13-19-18)24(2,21)22/h4-5,13-15,17H,3,6-12H2,1-2H3/t15-,17-/m1/s1. The molecule has 0 bridgehead atoms. The van der Waals surface area contributed by atoms with Crippen LogP contribution in [0.3, 0.4) is 0 Å². The summed E-state index contributed by atoms with van der Waals surface area (Å²) in [4.78, 5) is 6.86. The third-order valence-corrected chi connectivity index (χ3v) is 6.64. The van der Waals surface area contributed by atoms with Crippen molar-refractivity contribution >= 4 is 9.84 Å². The highest BCUT2D eigenvalue weighted by Gasteiger charge is 2.42. The van der Waals surface area contributed by atoms with Gasteiger partial charge in [-0.25, -0.2) is 13.4 Å². The number of hydrogen-bond acceptors (Lipinski definition) is 5. The molecule has 24 heavy (non-hydrogen) atoms. The zero-order chi connectivity index (χ0) is 17.2. The van der Waals surface area contributed by atoms with Crippen LogP contribution >= 0.6 is 0 Å². The molecular formula is C18H28N2O3S. The van der Waals surface area contributed by atoms with Gasteiger partial charge in [0.25, 0.3) is 0 Å². The number of sulfone groups is 1. The Labute approximate surface area is 145 Å². The van der Waals surface area contributed by atoms with E-state index < -0.39 is 9.84 Å². The van der Waals surface area contributed by atoms with Crippen LogP contribution in [0.2, 0.25) is 0 Å². The van der Waals surface area contributed by atoms with Crippen molar-refractivity contribution in [3.8, 4) is 5.88 Å². The van der Waals surface area contributed by atoms with Gasteiger partial charge in [0.05, 0.1) is 11.5 Å². The maximum absolute atomic E-state index is 11.4. The molecule has 5 nitrogen and oxygen atoms in total. The SMILES string of the molecule is CCN1CCC([C@H]2C[C@H]2CCOc2ccc(S(C)(=O)=O)cn2)CC1. The molecule has 0 amide bonds. The number of ether oxygens (including phenoxy) is 1. The molecule has 6 heteroatoms. The summed E-state index contributed by atoms with van der Waals surface area (Å²) in [7, 11) is -3.19. The van der Waals surface area contributed by atoms with Crippen molar-refractivity contribution in [3.05, 3.63) is 18.3 Å². The summed E-state index contributed by atoms with van der Waals surface area (Å²) in [5.41, 5.74) is 0. The number of likely N-dealkylation sites (tertiary alicyclic amines) is 1. The first-order chi connectivity index (χ1) is 11.5. The van der Waals surface area contributed by atoms with Crippen molar-refractivity contribution in [3.63, 3.8) is 0 Å². The van der Waals surface area contributed by atoms with Crippen LogP contribution in [-0.4, -0.2) is 50.8 Å². The van der Waals surface area contributed by atoms with Crippen molar-refractivity contribution in [2.24, 2.45) is 17.8 Å². The zero-order valence-electron chi connectivity index (χ0n) is 14.6. The Bertz CT molecular complexity index is 637. The van der Waals surface area contributed by atoms with Gasteiger partial charge >= 0.3 is 0 Å². The number of pyridine rings is 1. The van der Waals surface area contributed by atoms with Crippen LogP contribution < -0.4 is 4.74 Å². The van der Waals surface area contributed by atoms with Gasteiger partial charge in [-0.2, -0.15) is 0 Å². The lowest BCUT2D eigenvalue weighted by Crippen LogP contribution is -2.34. The maximum atomic E-state index is 11.4. The molecule has 1 saturated heterocycles. The lowest BCUT2D eigenvalue weighted by molar-refractivity contribution is 0.174. The molecule has 1 aliphatic carbocycles. The van der Waals surface area contributed by atoms with Crippen LogP contribution in [0.4, 0.5) is 0 Å². The predicted octanol–water partition coefficient (Wildman–Crippen LogP) is 2.62. The first-order valence-corrected chi connectivity index (χ1v) is 10.9. The number of nitrogens with zero attached hydrogens (tertiary/aromatic N) is 2. The smallest absolute Gasteiger partial charge is 0.213 e. The van der Waals surface area contributed by atoms with Crippen molar-refractivity contribution in [1.29, 1.82) is 0 Å². The van der Waals surface area contributed by atoms with Crippen LogP contribution in [0.25, 0.3) is 0 Å². The lowest BCUT2D eigenvalue weighted by Gasteiger charge is -2.31. The summed E-state index contributed by atoms with van der Waals surface area (Å²) in [6, 6.07) is 3.19. The van der Waals surface area contributed by atoms with Crippen LogP contribution in [0.1, 0.15) is 32.6 Å². The molecular weight excluding hydrogens is 324 g/mol. The van der Waals surface area contributed by atoms with E-state index in [1.54, 1.807) is 12.1 Å². The molecule has 2 fully saturated rings. The first kappa shape index (κ1) is 17.7. The fourth-order valence-electron chi connectivity index (χ4n) is 3.86. The van der Waals surface area contributed by atoms with Gasteiger partial charge in [-0.05, 0) is 69.1 Å². The van der Waals surface area contributed by atoms with E-state index in [9.17, 15) is 8.42 Å². The first-order valence-electron chi connectivity index (χ1n) is 8.98. The summed E-state index contributed by atoms with van der Waals surface area (Å²) in [5.74, 6) is 3.12. The van der Waals surface area contributed by atoms with Gasteiger partial charge < -0.3 is 9.64 Å². The summed E-state index contributed by atoms with van der Waals surface area (Å²) in [6.45, 7) is 6.61. The Morgan fingerprint density at radius 3 is 2.62 bits per heavy atom. The molecule has 0 N–H and O–H groups in total. The van der Waals surface area contributed by atoms with Gasteiger partial charge in [-0.3, -0.25) is 0 Å². The zero-order valence-corrected chi connectivity index (χ0v) is 15.5. The minimum absolute atomic E-state index is 0.232. The third kappa shape index (κ3) is 4.48. The highest BCUT2D eigenvalue weighted by molar-refractivity contribution is 7.90. The van der Waals surface area contributed by atoms with Crippen LogP contribution in [0, 0.1) is 17.8 Å². The summed E-state index contributed by atoms with van der Waals surface area (Å²) in [5, 5.41) is 0. The largest absolute Gasteiger partial charge is 0.478 e. The fourth-order valence-corrected chi connectivity index (χ4v) is 4.42. The summed E-state index contributed by atoms with van der Waals surface area (Å²) in [6.07, 6.45) is 7.68. The highest BCUT2D eigenvalue weighted by Crippen LogP contribution is 2.49. The van der Waals surface area contributed by atoms with Crippen LogP contribution in [-0.2, 0) is 9.84 Å². The quantitative estimate of drug-likeness (QED) is 0.755. The third-order valence-electron chi connectivity index (χ3n) is 5.54. The van der Waals surface area contributed by atoms with E-state index in [-0.39, 0.29) is 4.90 Å². The van der Waals surface area contributed by atoms with Gasteiger partial charge in [0, 0.05) is 18.5 Å². The Morgan fingerprint density at radius 1 is 1.29 bits per heavy atom. The second kappa shape index (κ2) is 7.40. The molecule has 1 aromatic rings. The molecule has 0 unspecified atom stereocenters. The minimum Gasteiger partial charge on any atom is -0.478 e. The molecule has 0 radical (unpaired) electrons. The number of rotatable bonds is 7. The van der Waals surface area contributed by atoms with Crippen molar-refractivity contribution < 1.29 is 13.2 Å². The Kier molecular flexibility index (Phi) is 5.45. The van der Waals surface area contributed by atoms with E-state index >= 15 is 0 Å². The molecule has 2 aliphatic rings. The topological polar surface area (TPSA) is 59.5 Å². The van der Waals surface area contributed by atoms with Crippen molar-refractivity contribution in [2.75, 3.05) is 32.5 Å². The van der Waals surface area contributed by atoms with Crippen molar-refractivity contribution in [1.82, 2.24) is 9.88 Å². The molecule has 3 rings (SSSR count). The number of hydrogen-bond donors (Lipinski definition) is 0. The number of aromatic nitrogens is 1. The Morgan fingerprint density at radius 2 is 2.04 bits per heavy atom. The van der Waals surface area contributed by atoms with E-state index in [2.05, 4.69) is 16.8 Å². The van der Waals surface area contributed by atoms with Gasteiger partial charge in [0.2, 0.25) is 5.88 Å². The van der Waals surface area contributed by atoms with Crippen molar-refractivity contribution in [2.45, 2.75) is 37.5 Å². The Hall–Kier alpha value is -1.14. The minimum atomic E-state index is -3.19. The second-order valence-corrected chi connectivity index (χ2v) is 9.19. The molecule has 2 heterocycles. The van der Waals surface area contributed by atoms with E-state index in [1.807, 2.05) is 0 Å².